The van der Waals surface area contributed by atoms with Gasteiger partial charge < -0.3 is 4.90 Å². The van der Waals surface area contributed by atoms with Crippen LogP contribution >= 0.6 is 0 Å². The van der Waals surface area contributed by atoms with Crippen molar-refractivity contribution in [2.75, 3.05) is 6.54 Å². The SMILES string of the molecule is CC.CC1=CCCC2C1CCCN2C(=O)CC#N. The summed E-state index contributed by atoms with van der Waals surface area (Å²) in [6.45, 7) is 7.02. The lowest BCUT2D eigenvalue weighted by Crippen LogP contribution is -2.49. The number of hydrogen-bond acceptors (Lipinski definition) is 2. The maximum atomic E-state index is 11.8. The van der Waals surface area contributed by atoms with E-state index in [1.807, 2.05) is 24.8 Å². The lowest BCUT2D eigenvalue weighted by atomic mass is 9.78. The minimum absolute atomic E-state index is 0.0203. The van der Waals surface area contributed by atoms with Crippen LogP contribution in [-0.4, -0.2) is 23.4 Å². The summed E-state index contributed by atoms with van der Waals surface area (Å²) in [4.78, 5) is 13.8. The molecule has 1 heterocycles. The van der Waals surface area contributed by atoms with Crippen molar-refractivity contribution in [3.05, 3.63) is 11.6 Å². The van der Waals surface area contributed by atoms with Crippen molar-refractivity contribution in [1.82, 2.24) is 4.90 Å². The molecule has 2 aliphatic rings. The quantitative estimate of drug-likeness (QED) is 0.668. The van der Waals surface area contributed by atoms with Crippen molar-refractivity contribution < 1.29 is 4.79 Å². The van der Waals surface area contributed by atoms with Crippen LogP contribution in [-0.2, 0) is 4.79 Å². The van der Waals surface area contributed by atoms with E-state index in [1.165, 1.54) is 12.0 Å². The summed E-state index contributed by atoms with van der Waals surface area (Å²) in [6, 6.07) is 2.33. The largest absolute Gasteiger partial charge is 0.338 e. The highest BCUT2D eigenvalue weighted by Crippen LogP contribution is 2.35. The first kappa shape index (κ1) is 14.8. The molecule has 1 aliphatic heterocycles. The molecule has 0 aromatic heterocycles. The summed E-state index contributed by atoms with van der Waals surface area (Å²) >= 11 is 0. The summed E-state index contributed by atoms with van der Waals surface area (Å²) in [5, 5.41) is 8.61. The van der Waals surface area contributed by atoms with E-state index >= 15 is 0 Å². The Morgan fingerprint density at radius 1 is 1.50 bits per heavy atom. The zero-order valence-electron chi connectivity index (χ0n) is 11.8. The summed E-state index contributed by atoms with van der Waals surface area (Å²) in [5.74, 6) is 0.567. The van der Waals surface area contributed by atoms with Gasteiger partial charge in [0.2, 0.25) is 5.91 Å². The molecule has 18 heavy (non-hydrogen) atoms. The molecule has 1 amide bonds. The van der Waals surface area contributed by atoms with Gasteiger partial charge in [-0.05, 0) is 32.6 Å². The predicted octanol–water partition coefficient (Wildman–Crippen LogP) is 3.27. The Morgan fingerprint density at radius 2 is 2.22 bits per heavy atom. The molecule has 1 aliphatic carbocycles. The fraction of sp³-hybridized carbons (Fsp3) is 0.733. The summed E-state index contributed by atoms with van der Waals surface area (Å²) < 4.78 is 0. The highest BCUT2D eigenvalue weighted by atomic mass is 16.2. The van der Waals surface area contributed by atoms with Gasteiger partial charge in [0.1, 0.15) is 6.42 Å². The van der Waals surface area contributed by atoms with Gasteiger partial charge in [0, 0.05) is 18.5 Å². The second-order valence-corrected chi connectivity index (χ2v) is 4.76. The molecular formula is C15H24N2O. The van der Waals surface area contributed by atoms with Crippen LogP contribution in [0.3, 0.4) is 0 Å². The highest BCUT2D eigenvalue weighted by molar-refractivity contribution is 5.78. The van der Waals surface area contributed by atoms with E-state index in [-0.39, 0.29) is 12.3 Å². The first-order valence-electron chi connectivity index (χ1n) is 7.07. The van der Waals surface area contributed by atoms with Gasteiger partial charge in [0.05, 0.1) is 6.07 Å². The molecule has 0 aromatic rings. The van der Waals surface area contributed by atoms with E-state index in [0.29, 0.717) is 12.0 Å². The van der Waals surface area contributed by atoms with Crippen LogP contribution < -0.4 is 0 Å². The molecule has 2 unspecified atom stereocenters. The minimum atomic E-state index is 0.0203. The van der Waals surface area contributed by atoms with Crippen LogP contribution in [0.4, 0.5) is 0 Å². The van der Waals surface area contributed by atoms with Crippen LogP contribution in [0.1, 0.15) is 52.9 Å². The number of amides is 1. The van der Waals surface area contributed by atoms with E-state index < -0.39 is 0 Å². The Kier molecular flexibility index (Phi) is 5.91. The summed E-state index contributed by atoms with van der Waals surface area (Å²) in [7, 11) is 0. The minimum Gasteiger partial charge on any atom is -0.338 e. The average Bonchev–Trinajstić information content (AvgIpc) is 2.41. The van der Waals surface area contributed by atoms with Gasteiger partial charge in [-0.3, -0.25) is 4.79 Å². The molecule has 0 aromatic carbocycles. The van der Waals surface area contributed by atoms with E-state index in [9.17, 15) is 4.79 Å². The zero-order chi connectivity index (χ0) is 13.5. The van der Waals surface area contributed by atoms with Crippen LogP contribution in [0.2, 0.25) is 0 Å². The number of rotatable bonds is 1. The number of allylic oxidation sites excluding steroid dienone is 1. The first-order chi connectivity index (χ1) is 8.74. The molecule has 2 atom stereocenters. The average molecular weight is 248 g/mol. The molecule has 0 saturated carbocycles. The number of piperidine rings is 1. The van der Waals surface area contributed by atoms with Gasteiger partial charge in [-0.1, -0.05) is 25.5 Å². The molecule has 0 radical (unpaired) electrons. The number of likely N-dealkylation sites (tertiary alicyclic amines) is 1. The zero-order valence-corrected chi connectivity index (χ0v) is 11.8. The monoisotopic (exact) mass is 248 g/mol. The fourth-order valence-electron chi connectivity index (χ4n) is 3.06. The number of nitriles is 1. The normalized spacial score (nSPS) is 26.1. The van der Waals surface area contributed by atoms with Gasteiger partial charge in [-0.2, -0.15) is 5.26 Å². The van der Waals surface area contributed by atoms with Crippen molar-refractivity contribution in [2.24, 2.45) is 5.92 Å². The summed E-state index contributed by atoms with van der Waals surface area (Å²) in [6.07, 6.45) is 6.75. The third-order valence-corrected chi connectivity index (χ3v) is 3.84. The molecular weight excluding hydrogens is 224 g/mol. The Hall–Kier alpha value is -1.30. The van der Waals surface area contributed by atoms with Crippen molar-refractivity contribution >= 4 is 5.91 Å². The molecule has 2 rings (SSSR count). The van der Waals surface area contributed by atoms with Gasteiger partial charge in [0.15, 0.2) is 0 Å². The molecule has 1 fully saturated rings. The van der Waals surface area contributed by atoms with E-state index in [4.69, 9.17) is 5.26 Å². The third-order valence-electron chi connectivity index (χ3n) is 3.84. The molecule has 3 nitrogen and oxygen atoms in total. The molecule has 0 spiro atoms. The molecule has 100 valence electrons. The van der Waals surface area contributed by atoms with Crippen molar-refractivity contribution in [3.8, 4) is 6.07 Å². The third kappa shape index (κ3) is 3.13. The van der Waals surface area contributed by atoms with Crippen LogP contribution in [0.5, 0.6) is 0 Å². The Bertz CT molecular complexity index is 354. The van der Waals surface area contributed by atoms with Crippen molar-refractivity contribution in [2.45, 2.75) is 58.9 Å². The molecule has 0 N–H and O–H groups in total. The van der Waals surface area contributed by atoms with E-state index in [0.717, 1.165) is 25.8 Å². The van der Waals surface area contributed by atoms with Crippen molar-refractivity contribution in [3.63, 3.8) is 0 Å². The van der Waals surface area contributed by atoms with Gasteiger partial charge in [0.25, 0.3) is 0 Å². The van der Waals surface area contributed by atoms with Crippen LogP contribution in [0.15, 0.2) is 11.6 Å². The predicted molar refractivity (Wildman–Crippen MR) is 72.8 cm³/mol. The topological polar surface area (TPSA) is 44.1 Å². The maximum Gasteiger partial charge on any atom is 0.237 e. The number of nitrogens with zero attached hydrogens (tertiary/aromatic N) is 2. The lowest BCUT2D eigenvalue weighted by molar-refractivity contribution is -0.135. The number of hydrogen-bond donors (Lipinski definition) is 0. The Labute approximate surface area is 110 Å². The number of carbonyl (C=O) groups excluding carboxylic acids is 1. The Morgan fingerprint density at radius 3 is 2.89 bits per heavy atom. The smallest absolute Gasteiger partial charge is 0.237 e. The van der Waals surface area contributed by atoms with Crippen LogP contribution in [0.25, 0.3) is 0 Å². The number of fused-ring (bicyclic) bond motifs is 1. The molecule has 1 saturated heterocycles. The van der Waals surface area contributed by atoms with E-state index in [1.54, 1.807) is 0 Å². The fourth-order valence-corrected chi connectivity index (χ4v) is 3.06. The highest BCUT2D eigenvalue weighted by Gasteiger charge is 2.35. The first-order valence-corrected chi connectivity index (χ1v) is 7.07. The standard InChI is InChI=1S/C13H18N2O.C2H6/c1-10-4-2-6-12-11(10)5-3-9-15(12)13(16)7-8-14;1-2/h4,11-12H,2-3,5-7,9H2,1H3;1-2H3. The lowest BCUT2D eigenvalue weighted by Gasteiger charge is -2.43. The second-order valence-electron chi connectivity index (χ2n) is 4.76. The van der Waals surface area contributed by atoms with Gasteiger partial charge >= 0.3 is 0 Å². The molecule has 0 bridgehead atoms. The van der Waals surface area contributed by atoms with Gasteiger partial charge in [-0.15, -0.1) is 0 Å². The maximum absolute atomic E-state index is 11.8. The van der Waals surface area contributed by atoms with E-state index in [2.05, 4.69) is 13.0 Å². The molecule has 3 heteroatoms. The van der Waals surface area contributed by atoms with Gasteiger partial charge in [-0.25, -0.2) is 0 Å². The van der Waals surface area contributed by atoms with Crippen molar-refractivity contribution in [1.29, 1.82) is 5.26 Å². The Balaban J connectivity index is 0.000000771. The number of carbonyl (C=O) groups is 1. The second kappa shape index (κ2) is 7.20. The van der Waals surface area contributed by atoms with Crippen LogP contribution in [0, 0.1) is 17.2 Å². The summed E-state index contributed by atoms with van der Waals surface area (Å²) in [5.41, 5.74) is 1.44.